The Labute approximate surface area is 227 Å². The zero-order valence-corrected chi connectivity index (χ0v) is 21.5. The molecule has 0 bridgehead atoms. The minimum Gasteiger partial charge on any atom is -0.309 e. The van der Waals surface area contributed by atoms with Crippen LogP contribution in [0.5, 0.6) is 0 Å². The smallest absolute Gasteiger partial charge is 0.0541 e. The molecular formula is C37H26N2. The van der Waals surface area contributed by atoms with E-state index in [-0.39, 0.29) is 0 Å². The van der Waals surface area contributed by atoms with Crippen molar-refractivity contribution in [1.82, 2.24) is 9.13 Å². The van der Waals surface area contributed by atoms with Crippen molar-refractivity contribution >= 4 is 43.6 Å². The van der Waals surface area contributed by atoms with Crippen molar-refractivity contribution in [3.05, 3.63) is 157 Å². The van der Waals surface area contributed by atoms with Crippen molar-refractivity contribution in [3.8, 4) is 11.4 Å². The second kappa shape index (κ2) is 8.75. The standard InChI is InChI=1S/C37H26N2/c1-5-13-34-30(9-1)31-10-2-6-14-35(31)38(34)28-21-17-26(18-22-28)25-27-19-23-29(24-20-27)39-36-15-7-3-11-32(36)33-12-4-8-16-37(33)39/h1-24H,25H2. The summed E-state index contributed by atoms with van der Waals surface area (Å²) in [4.78, 5) is 0. The second-order valence-electron chi connectivity index (χ2n) is 10.2. The molecule has 2 nitrogen and oxygen atoms in total. The Bertz CT molecular complexity index is 1860. The Morgan fingerprint density at radius 2 is 0.590 bits per heavy atom. The maximum Gasteiger partial charge on any atom is 0.0541 e. The van der Waals surface area contributed by atoms with E-state index in [1.165, 1.54) is 66.1 Å². The average molecular weight is 499 g/mol. The van der Waals surface area contributed by atoms with Gasteiger partial charge in [-0.05, 0) is 66.1 Å². The molecular weight excluding hydrogens is 472 g/mol. The highest BCUT2D eigenvalue weighted by atomic mass is 15.0. The van der Waals surface area contributed by atoms with Crippen LogP contribution in [0.2, 0.25) is 0 Å². The van der Waals surface area contributed by atoms with Gasteiger partial charge in [-0.25, -0.2) is 0 Å². The van der Waals surface area contributed by atoms with Gasteiger partial charge in [-0.1, -0.05) is 97.1 Å². The molecule has 0 saturated heterocycles. The summed E-state index contributed by atoms with van der Waals surface area (Å²) < 4.78 is 4.74. The molecule has 8 aromatic rings. The summed E-state index contributed by atoms with van der Waals surface area (Å²) in [5, 5.41) is 5.17. The minimum absolute atomic E-state index is 0.904. The quantitative estimate of drug-likeness (QED) is 0.229. The fourth-order valence-corrected chi connectivity index (χ4v) is 6.16. The molecule has 0 aliphatic rings. The van der Waals surface area contributed by atoms with E-state index in [4.69, 9.17) is 0 Å². The third-order valence-electron chi connectivity index (χ3n) is 7.96. The van der Waals surface area contributed by atoms with Crippen molar-refractivity contribution in [1.29, 1.82) is 0 Å². The predicted molar refractivity (Wildman–Crippen MR) is 164 cm³/mol. The minimum atomic E-state index is 0.904. The van der Waals surface area contributed by atoms with Crippen molar-refractivity contribution < 1.29 is 0 Å². The van der Waals surface area contributed by atoms with Crippen molar-refractivity contribution in [2.24, 2.45) is 0 Å². The van der Waals surface area contributed by atoms with E-state index < -0.39 is 0 Å². The van der Waals surface area contributed by atoms with Crippen LogP contribution < -0.4 is 0 Å². The molecule has 0 fully saturated rings. The van der Waals surface area contributed by atoms with E-state index in [1.54, 1.807) is 0 Å². The Balaban J connectivity index is 1.12. The molecule has 184 valence electrons. The first kappa shape index (κ1) is 22.0. The molecule has 2 aromatic heterocycles. The Hall–Kier alpha value is -5.08. The van der Waals surface area contributed by atoms with Crippen LogP contribution >= 0.6 is 0 Å². The molecule has 2 heteroatoms. The topological polar surface area (TPSA) is 9.86 Å². The number of hydrogen-bond donors (Lipinski definition) is 0. The highest BCUT2D eigenvalue weighted by Crippen LogP contribution is 2.33. The Kier molecular flexibility index (Phi) is 4.92. The predicted octanol–water partition coefficient (Wildman–Crippen LogP) is 9.47. The van der Waals surface area contributed by atoms with Crippen LogP contribution in [0.15, 0.2) is 146 Å². The zero-order chi connectivity index (χ0) is 25.8. The molecule has 39 heavy (non-hydrogen) atoms. The molecule has 0 amide bonds. The van der Waals surface area contributed by atoms with Crippen LogP contribution in [0, 0.1) is 0 Å². The zero-order valence-electron chi connectivity index (χ0n) is 21.5. The highest BCUT2D eigenvalue weighted by molar-refractivity contribution is 6.10. The van der Waals surface area contributed by atoms with Gasteiger partial charge in [0.05, 0.1) is 22.1 Å². The molecule has 6 aromatic carbocycles. The lowest BCUT2D eigenvalue weighted by Gasteiger charge is -2.11. The van der Waals surface area contributed by atoms with Gasteiger partial charge in [0, 0.05) is 32.9 Å². The average Bonchev–Trinajstić information content (AvgIpc) is 3.51. The fraction of sp³-hybridized carbons (Fsp3) is 0.0270. The number of nitrogens with zero attached hydrogens (tertiary/aromatic N) is 2. The molecule has 0 saturated carbocycles. The number of fused-ring (bicyclic) bond motifs is 6. The van der Waals surface area contributed by atoms with Gasteiger partial charge >= 0.3 is 0 Å². The number of hydrogen-bond acceptors (Lipinski definition) is 0. The lowest BCUT2D eigenvalue weighted by atomic mass is 10.0. The summed E-state index contributed by atoms with van der Waals surface area (Å²) >= 11 is 0. The molecule has 0 unspecified atom stereocenters. The molecule has 0 spiro atoms. The van der Waals surface area contributed by atoms with Crippen LogP contribution in [0.25, 0.3) is 55.0 Å². The van der Waals surface area contributed by atoms with Crippen molar-refractivity contribution in [2.45, 2.75) is 6.42 Å². The van der Waals surface area contributed by atoms with E-state index in [1.807, 2.05) is 0 Å². The van der Waals surface area contributed by atoms with E-state index >= 15 is 0 Å². The second-order valence-corrected chi connectivity index (χ2v) is 10.2. The molecule has 0 atom stereocenters. The van der Waals surface area contributed by atoms with Gasteiger partial charge in [-0.15, -0.1) is 0 Å². The summed E-state index contributed by atoms with van der Waals surface area (Å²) in [6.45, 7) is 0. The molecule has 0 aliphatic heterocycles. The van der Waals surface area contributed by atoms with Crippen molar-refractivity contribution in [2.75, 3.05) is 0 Å². The van der Waals surface area contributed by atoms with Gasteiger partial charge < -0.3 is 9.13 Å². The molecule has 0 N–H and O–H groups in total. The van der Waals surface area contributed by atoms with Crippen LogP contribution in [-0.4, -0.2) is 9.13 Å². The summed E-state index contributed by atoms with van der Waals surface area (Å²) in [5.74, 6) is 0. The summed E-state index contributed by atoms with van der Waals surface area (Å²) in [7, 11) is 0. The Morgan fingerprint density at radius 1 is 0.308 bits per heavy atom. The van der Waals surface area contributed by atoms with Gasteiger partial charge in [-0.3, -0.25) is 0 Å². The number of aromatic nitrogens is 2. The Morgan fingerprint density at radius 3 is 0.897 bits per heavy atom. The molecule has 2 heterocycles. The van der Waals surface area contributed by atoms with Crippen LogP contribution in [0.4, 0.5) is 0 Å². The largest absolute Gasteiger partial charge is 0.309 e. The first-order valence-corrected chi connectivity index (χ1v) is 13.5. The van der Waals surface area contributed by atoms with Gasteiger partial charge in [0.25, 0.3) is 0 Å². The summed E-state index contributed by atoms with van der Waals surface area (Å²) in [6, 6.07) is 52.7. The fourth-order valence-electron chi connectivity index (χ4n) is 6.16. The number of para-hydroxylation sites is 4. The maximum atomic E-state index is 2.37. The molecule has 0 radical (unpaired) electrons. The lowest BCUT2D eigenvalue weighted by molar-refractivity contribution is 1.13. The van der Waals surface area contributed by atoms with Crippen LogP contribution in [0.3, 0.4) is 0 Å². The summed E-state index contributed by atoms with van der Waals surface area (Å²) in [6.07, 6.45) is 0.904. The lowest BCUT2D eigenvalue weighted by Crippen LogP contribution is -1.96. The first-order chi connectivity index (χ1) is 19.3. The first-order valence-electron chi connectivity index (χ1n) is 13.5. The monoisotopic (exact) mass is 498 g/mol. The number of benzene rings is 6. The highest BCUT2D eigenvalue weighted by Gasteiger charge is 2.13. The van der Waals surface area contributed by atoms with Crippen molar-refractivity contribution in [3.63, 3.8) is 0 Å². The third kappa shape index (κ3) is 3.49. The summed E-state index contributed by atoms with van der Waals surface area (Å²) in [5.41, 5.74) is 9.97. The van der Waals surface area contributed by atoms with Gasteiger partial charge in [0.1, 0.15) is 0 Å². The number of rotatable bonds is 4. The molecule has 0 aliphatic carbocycles. The third-order valence-corrected chi connectivity index (χ3v) is 7.96. The van der Waals surface area contributed by atoms with E-state index in [9.17, 15) is 0 Å². The maximum absolute atomic E-state index is 2.37. The molecule has 8 rings (SSSR count). The normalized spacial score (nSPS) is 11.7. The van der Waals surface area contributed by atoms with Gasteiger partial charge in [0.15, 0.2) is 0 Å². The SMILES string of the molecule is c1ccc2c(c1)c1ccccc1n2-c1ccc(Cc2ccc(-n3c4ccccc4c4ccccc43)cc2)cc1. The van der Waals surface area contributed by atoms with Gasteiger partial charge in [-0.2, -0.15) is 0 Å². The van der Waals surface area contributed by atoms with E-state index in [0.717, 1.165) is 6.42 Å². The van der Waals surface area contributed by atoms with Gasteiger partial charge in [0.2, 0.25) is 0 Å². The van der Waals surface area contributed by atoms with E-state index in [2.05, 4.69) is 155 Å². The van der Waals surface area contributed by atoms with E-state index in [0.29, 0.717) is 0 Å². The van der Waals surface area contributed by atoms with Crippen LogP contribution in [0.1, 0.15) is 11.1 Å². The van der Waals surface area contributed by atoms with Crippen LogP contribution in [-0.2, 0) is 6.42 Å².